The number of hydrogen-bond acceptors (Lipinski definition) is 4. The number of amides is 2. The van der Waals surface area contributed by atoms with Crippen molar-refractivity contribution in [2.75, 3.05) is 20.3 Å². The summed E-state index contributed by atoms with van der Waals surface area (Å²) >= 11 is 0. The molecule has 7 heteroatoms. The van der Waals surface area contributed by atoms with Crippen molar-refractivity contribution in [1.82, 2.24) is 25.4 Å². The largest absolute Gasteiger partial charge is 0.383 e. The van der Waals surface area contributed by atoms with Crippen LogP contribution in [0.15, 0.2) is 24.5 Å². The van der Waals surface area contributed by atoms with Crippen molar-refractivity contribution in [2.24, 2.45) is 0 Å². The third-order valence-corrected chi connectivity index (χ3v) is 3.91. The molecule has 0 fully saturated rings. The highest BCUT2D eigenvalue weighted by Crippen LogP contribution is 2.19. The van der Waals surface area contributed by atoms with Gasteiger partial charge in [-0.25, -0.2) is 4.79 Å². The number of ether oxygens (including phenoxy) is 1. The molecular formula is C17H25N5O2. The molecule has 0 saturated carbocycles. The Kier molecular flexibility index (Phi) is 6.31. The number of nitrogens with one attached hydrogen (secondary N) is 2. The van der Waals surface area contributed by atoms with E-state index in [1.807, 2.05) is 32.9 Å². The van der Waals surface area contributed by atoms with E-state index in [4.69, 9.17) is 4.74 Å². The number of urea groups is 1. The maximum atomic E-state index is 12.7. The Balaban J connectivity index is 2.06. The van der Waals surface area contributed by atoms with E-state index in [1.54, 1.807) is 24.4 Å². The Bertz CT molecular complexity index is 637. The third-order valence-electron chi connectivity index (χ3n) is 3.91. The van der Waals surface area contributed by atoms with Gasteiger partial charge in [0.15, 0.2) is 0 Å². The highest BCUT2D eigenvalue weighted by atomic mass is 16.5. The van der Waals surface area contributed by atoms with Crippen molar-refractivity contribution in [2.45, 2.75) is 33.4 Å². The zero-order valence-electron chi connectivity index (χ0n) is 14.7. The van der Waals surface area contributed by atoms with Gasteiger partial charge in [0.05, 0.1) is 18.3 Å². The van der Waals surface area contributed by atoms with E-state index in [0.29, 0.717) is 19.7 Å². The van der Waals surface area contributed by atoms with Crippen molar-refractivity contribution in [1.29, 1.82) is 0 Å². The smallest absolute Gasteiger partial charge is 0.318 e. The number of methoxy groups -OCH3 is 1. The molecule has 1 unspecified atom stereocenters. The molecule has 0 spiro atoms. The number of hydrogen-bond donors (Lipinski definition) is 2. The van der Waals surface area contributed by atoms with Crippen LogP contribution in [-0.4, -0.2) is 46.4 Å². The summed E-state index contributed by atoms with van der Waals surface area (Å²) in [5, 5.41) is 10.2. The van der Waals surface area contributed by atoms with E-state index in [0.717, 1.165) is 22.5 Å². The first-order chi connectivity index (χ1) is 11.5. The molecule has 2 aromatic heterocycles. The van der Waals surface area contributed by atoms with Gasteiger partial charge in [-0.2, -0.15) is 5.10 Å². The Morgan fingerprint density at radius 3 is 2.83 bits per heavy atom. The lowest BCUT2D eigenvalue weighted by atomic mass is 10.1. The molecule has 0 saturated heterocycles. The number of aromatic nitrogens is 3. The lowest BCUT2D eigenvalue weighted by Crippen LogP contribution is -2.42. The molecule has 130 valence electrons. The Labute approximate surface area is 142 Å². The summed E-state index contributed by atoms with van der Waals surface area (Å²) in [6.07, 6.45) is 3.48. The molecular weight excluding hydrogens is 306 g/mol. The van der Waals surface area contributed by atoms with E-state index >= 15 is 0 Å². The lowest BCUT2D eigenvalue weighted by molar-refractivity contribution is 0.145. The summed E-state index contributed by atoms with van der Waals surface area (Å²) in [6, 6.07) is 3.55. The summed E-state index contributed by atoms with van der Waals surface area (Å²) in [6.45, 7) is 7.32. The predicted octanol–water partition coefficient (Wildman–Crippen LogP) is 2.34. The van der Waals surface area contributed by atoms with Crippen LogP contribution in [0.25, 0.3) is 0 Å². The average Bonchev–Trinajstić information content (AvgIpc) is 2.91. The number of nitrogens with zero attached hydrogens (tertiary/aromatic N) is 3. The van der Waals surface area contributed by atoms with Crippen LogP contribution in [-0.2, 0) is 11.3 Å². The second-order valence-corrected chi connectivity index (χ2v) is 5.79. The zero-order chi connectivity index (χ0) is 17.5. The van der Waals surface area contributed by atoms with E-state index in [9.17, 15) is 4.79 Å². The lowest BCUT2D eigenvalue weighted by Gasteiger charge is -2.25. The van der Waals surface area contributed by atoms with E-state index in [2.05, 4.69) is 20.5 Å². The van der Waals surface area contributed by atoms with Gasteiger partial charge in [0, 0.05) is 43.9 Å². The highest BCUT2D eigenvalue weighted by molar-refractivity contribution is 5.74. The minimum atomic E-state index is -0.136. The fourth-order valence-corrected chi connectivity index (χ4v) is 2.71. The van der Waals surface area contributed by atoms with Gasteiger partial charge in [0.1, 0.15) is 0 Å². The van der Waals surface area contributed by atoms with Crippen LogP contribution in [0.4, 0.5) is 4.79 Å². The van der Waals surface area contributed by atoms with E-state index < -0.39 is 0 Å². The number of aryl methyl sites for hydroxylation is 2. The van der Waals surface area contributed by atoms with Crippen molar-refractivity contribution in [3.63, 3.8) is 0 Å². The summed E-state index contributed by atoms with van der Waals surface area (Å²) in [5.74, 6) is 0. The van der Waals surface area contributed by atoms with Crippen LogP contribution in [0.3, 0.4) is 0 Å². The summed E-state index contributed by atoms with van der Waals surface area (Å²) in [4.78, 5) is 18.5. The second-order valence-electron chi connectivity index (χ2n) is 5.79. The summed E-state index contributed by atoms with van der Waals surface area (Å²) < 4.78 is 5.12. The molecule has 1 atom stereocenters. The average molecular weight is 331 g/mol. The number of carbonyl (C=O) groups is 1. The third kappa shape index (κ3) is 4.55. The Morgan fingerprint density at radius 2 is 2.25 bits per heavy atom. The monoisotopic (exact) mass is 331 g/mol. The van der Waals surface area contributed by atoms with Gasteiger partial charge in [-0.05, 0) is 32.4 Å². The maximum Gasteiger partial charge on any atom is 0.318 e. The summed E-state index contributed by atoms with van der Waals surface area (Å²) in [5.41, 5.74) is 3.87. The van der Waals surface area contributed by atoms with Crippen LogP contribution >= 0.6 is 0 Å². The standard InChI is InChI=1S/C17H25N5O2/c1-12(16-13(2)20-21-14(16)3)19-17(23)22(8-9-24-4)11-15-6-5-7-18-10-15/h5-7,10,12H,8-9,11H2,1-4H3,(H,19,23)(H,20,21). The van der Waals surface area contributed by atoms with Crippen LogP contribution in [0, 0.1) is 13.8 Å². The molecule has 2 rings (SSSR count). The van der Waals surface area contributed by atoms with Crippen LogP contribution in [0.1, 0.15) is 35.5 Å². The molecule has 0 aliphatic carbocycles. The second kappa shape index (κ2) is 8.44. The molecule has 0 aliphatic rings. The molecule has 2 amide bonds. The van der Waals surface area contributed by atoms with Gasteiger partial charge in [-0.1, -0.05) is 6.07 Å². The van der Waals surface area contributed by atoms with Crippen LogP contribution < -0.4 is 5.32 Å². The zero-order valence-corrected chi connectivity index (χ0v) is 14.7. The fraction of sp³-hybridized carbons (Fsp3) is 0.471. The minimum Gasteiger partial charge on any atom is -0.383 e. The Hall–Kier alpha value is -2.41. The van der Waals surface area contributed by atoms with Crippen LogP contribution in [0.2, 0.25) is 0 Å². The molecule has 0 bridgehead atoms. The van der Waals surface area contributed by atoms with Crippen molar-refractivity contribution in [3.8, 4) is 0 Å². The first kappa shape index (κ1) is 17.9. The number of pyridine rings is 1. The molecule has 2 N–H and O–H groups in total. The van der Waals surface area contributed by atoms with E-state index in [-0.39, 0.29) is 12.1 Å². The first-order valence-electron chi connectivity index (χ1n) is 7.97. The first-order valence-corrected chi connectivity index (χ1v) is 7.97. The normalized spacial score (nSPS) is 12.0. The maximum absolute atomic E-state index is 12.7. The van der Waals surface area contributed by atoms with Crippen molar-refractivity contribution in [3.05, 3.63) is 47.0 Å². The van der Waals surface area contributed by atoms with Gasteiger partial charge < -0.3 is 15.0 Å². The predicted molar refractivity (Wildman–Crippen MR) is 91.5 cm³/mol. The molecule has 2 aromatic rings. The number of carbonyl (C=O) groups excluding carboxylic acids is 1. The minimum absolute atomic E-state index is 0.129. The van der Waals surface area contributed by atoms with E-state index in [1.165, 1.54) is 0 Å². The SMILES string of the molecule is COCCN(Cc1cccnc1)C(=O)NC(C)c1c(C)n[nH]c1C. The topological polar surface area (TPSA) is 83.1 Å². The quantitative estimate of drug-likeness (QED) is 0.816. The van der Waals surface area contributed by atoms with Gasteiger partial charge in [-0.3, -0.25) is 10.1 Å². The summed E-state index contributed by atoms with van der Waals surface area (Å²) in [7, 11) is 1.63. The molecule has 0 aliphatic heterocycles. The number of aromatic amines is 1. The van der Waals surface area contributed by atoms with Crippen molar-refractivity contribution < 1.29 is 9.53 Å². The molecule has 2 heterocycles. The molecule has 7 nitrogen and oxygen atoms in total. The highest BCUT2D eigenvalue weighted by Gasteiger charge is 2.20. The van der Waals surface area contributed by atoms with Gasteiger partial charge in [0.25, 0.3) is 0 Å². The number of rotatable bonds is 7. The Morgan fingerprint density at radius 1 is 1.46 bits per heavy atom. The number of H-pyrrole nitrogens is 1. The fourth-order valence-electron chi connectivity index (χ4n) is 2.71. The molecule has 0 radical (unpaired) electrons. The van der Waals surface area contributed by atoms with Crippen LogP contribution in [0.5, 0.6) is 0 Å². The van der Waals surface area contributed by atoms with Crippen molar-refractivity contribution >= 4 is 6.03 Å². The van der Waals surface area contributed by atoms with Gasteiger partial charge in [-0.15, -0.1) is 0 Å². The van der Waals surface area contributed by atoms with Gasteiger partial charge >= 0.3 is 6.03 Å². The molecule has 24 heavy (non-hydrogen) atoms. The molecule has 0 aromatic carbocycles. The van der Waals surface area contributed by atoms with Gasteiger partial charge in [0.2, 0.25) is 0 Å².